The van der Waals surface area contributed by atoms with Gasteiger partial charge in [-0.25, -0.2) is 9.97 Å². The largest absolute Gasteiger partial charge is 0.291 e. The maximum Gasteiger partial charge on any atom is 0.234 e. The fourth-order valence-electron chi connectivity index (χ4n) is 1.79. The molecule has 0 unspecified atom stereocenters. The van der Waals surface area contributed by atoms with Crippen LogP contribution in [0, 0.1) is 6.92 Å². The summed E-state index contributed by atoms with van der Waals surface area (Å²) < 4.78 is 1.91. The summed E-state index contributed by atoms with van der Waals surface area (Å²) in [5, 5.41) is 0. The quantitative estimate of drug-likeness (QED) is 0.682. The van der Waals surface area contributed by atoms with Crippen molar-refractivity contribution in [1.82, 2.24) is 14.4 Å². The summed E-state index contributed by atoms with van der Waals surface area (Å²) in [6.07, 6.45) is 9.71. The molecule has 0 atom stereocenters. The Kier molecular flexibility index (Phi) is 2.65. The fourth-order valence-corrected chi connectivity index (χ4v) is 1.79. The van der Waals surface area contributed by atoms with Crippen molar-refractivity contribution in [3.63, 3.8) is 0 Å². The van der Waals surface area contributed by atoms with Crippen LogP contribution in [0.25, 0.3) is 17.9 Å². The van der Waals surface area contributed by atoms with Crippen molar-refractivity contribution in [3.05, 3.63) is 65.7 Å². The molecule has 2 heterocycles. The molecule has 18 heavy (non-hydrogen) atoms. The number of aromatic nitrogens is 3. The normalized spacial score (nSPS) is 11.4. The first-order valence-electron chi connectivity index (χ1n) is 5.86. The number of fused-ring (bicyclic) bond motifs is 1. The molecular formula is C15H13N3. The van der Waals surface area contributed by atoms with Gasteiger partial charge in [0.1, 0.15) is 0 Å². The molecule has 0 aliphatic heterocycles. The van der Waals surface area contributed by atoms with E-state index < -0.39 is 0 Å². The minimum absolute atomic E-state index is 0.723. The lowest BCUT2D eigenvalue weighted by molar-refractivity contribution is 1.11. The Morgan fingerprint density at radius 1 is 1.11 bits per heavy atom. The smallest absolute Gasteiger partial charge is 0.234 e. The number of aryl methyl sites for hydroxylation is 1. The molecule has 0 radical (unpaired) electrons. The van der Waals surface area contributed by atoms with Gasteiger partial charge in [-0.05, 0) is 24.6 Å². The first-order chi connectivity index (χ1) is 8.81. The summed E-state index contributed by atoms with van der Waals surface area (Å²) in [5.74, 6) is 0.723. The highest BCUT2D eigenvalue weighted by Gasteiger charge is 1.97. The van der Waals surface area contributed by atoms with Gasteiger partial charge in [-0.1, -0.05) is 35.9 Å². The highest BCUT2D eigenvalue weighted by Crippen LogP contribution is 2.09. The maximum absolute atomic E-state index is 4.41. The van der Waals surface area contributed by atoms with Crippen LogP contribution in [0.4, 0.5) is 0 Å². The van der Waals surface area contributed by atoms with Crippen LogP contribution in [0.1, 0.15) is 16.8 Å². The molecule has 0 spiro atoms. The summed E-state index contributed by atoms with van der Waals surface area (Å²) in [5.41, 5.74) is 3.35. The third kappa shape index (κ3) is 2.15. The van der Waals surface area contributed by atoms with Crippen molar-refractivity contribution in [3.8, 4) is 0 Å². The molecule has 0 aliphatic carbocycles. The molecule has 0 N–H and O–H groups in total. The van der Waals surface area contributed by atoms with E-state index in [0.717, 1.165) is 11.5 Å². The van der Waals surface area contributed by atoms with E-state index in [1.54, 1.807) is 6.20 Å². The van der Waals surface area contributed by atoms with Crippen LogP contribution in [0.3, 0.4) is 0 Å². The Labute approximate surface area is 105 Å². The van der Waals surface area contributed by atoms with Gasteiger partial charge in [-0.3, -0.25) is 4.40 Å². The van der Waals surface area contributed by atoms with Crippen LogP contribution in [-0.4, -0.2) is 14.4 Å². The number of hydrogen-bond donors (Lipinski definition) is 0. The third-order valence-electron chi connectivity index (χ3n) is 2.78. The van der Waals surface area contributed by atoms with Gasteiger partial charge in [0, 0.05) is 18.6 Å². The van der Waals surface area contributed by atoms with E-state index in [9.17, 15) is 0 Å². The van der Waals surface area contributed by atoms with E-state index in [-0.39, 0.29) is 0 Å². The van der Waals surface area contributed by atoms with E-state index in [1.165, 1.54) is 11.1 Å². The van der Waals surface area contributed by atoms with E-state index in [1.807, 2.05) is 28.9 Å². The maximum atomic E-state index is 4.41. The monoisotopic (exact) mass is 235 g/mol. The molecule has 0 fully saturated rings. The van der Waals surface area contributed by atoms with Gasteiger partial charge >= 0.3 is 0 Å². The predicted octanol–water partition coefficient (Wildman–Crippen LogP) is 3.21. The molecule has 3 heteroatoms. The van der Waals surface area contributed by atoms with Crippen molar-refractivity contribution in [1.29, 1.82) is 0 Å². The van der Waals surface area contributed by atoms with Gasteiger partial charge in [0.25, 0.3) is 0 Å². The zero-order valence-electron chi connectivity index (χ0n) is 10.1. The number of rotatable bonds is 2. The minimum atomic E-state index is 0.723. The molecule has 1 aromatic carbocycles. The summed E-state index contributed by atoms with van der Waals surface area (Å²) in [7, 11) is 0. The lowest BCUT2D eigenvalue weighted by Crippen LogP contribution is -1.82. The van der Waals surface area contributed by atoms with Crippen molar-refractivity contribution in [2.45, 2.75) is 6.92 Å². The number of hydrogen-bond acceptors (Lipinski definition) is 2. The zero-order valence-corrected chi connectivity index (χ0v) is 10.1. The molecule has 0 bridgehead atoms. The molecule has 0 saturated heterocycles. The second-order valence-corrected chi connectivity index (χ2v) is 4.24. The van der Waals surface area contributed by atoms with Gasteiger partial charge in [0.05, 0.1) is 5.69 Å². The first kappa shape index (κ1) is 10.7. The average Bonchev–Trinajstić information content (AvgIpc) is 2.81. The predicted molar refractivity (Wildman–Crippen MR) is 73.1 cm³/mol. The summed E-state index contributed by atoms with van der Waals surface area (Å²) in [4.78, 5) is 8.60. The highest BCUT2D eigenvalue weighted by atomic mass is 15.1. The van der Waals surface area contributed by atoms with Crippen molar-refractivity contribution >= 4 is 17.9 Å². The van der Waals surface area contributed by atoms with E-state index in [4.69, 9.17) is 0 Å². The Balaban J connectivity index is 1.89. The number of benzene rings is 1. The molecule has 0 amide bonds. The Morgan fingerprint density at radius 3 is 2.72 bits per heavy atom. The molecule has 3 nitrogen and oxygen atoms in total. The SMILES string of the molecule is Cc1ccc(/C=C/c2cn3cccnc3n2)cc1. The van der Waals surface area contributed by atoms with Crippen LogP contribution in [0.5, 0.6) is 0 Å². The molecular weight excluding hydrogens is 222 g/mol. The second kappa shape index (κ2) is 4.45. The van der Waals surface area contributed by atoms with Gasteiger partial charge in [-0.15, -0.1) is 0 Å². The molecule has 3 rings (SSSR count). The summed E-state index contributed by atoms with van der Waals surface area (Å²) >= 11 is 0. The van der Waals surface area contributed by atoms with Crippen molar-refractivity contribution in [2.75, 3.05) is 0 Å². The number of nitrogens with zero attached hydrogens (tertiary/aromatic N) is 3. The lowest BCUT2D eigenvalue weighted by atomic mass is 10.1. The van der Waals surface area contributed by atoms with Gasteiger partial charge < -0.3 is 0 Å². The average molecular weight is 235 g/mol. The van der Waals surface area contributed by atoms with Crippen LogP contribution >= 0.6 is 0 Å². The molecule has 0 saturated carbocycles. The van der Waals surface area contributed by atoms with Crippen LogP contribution in [-0.2, 0) is 0 Å². The Hall–Kier alpha value is -2.42. The summed E-state index contributed by atoms with van der Waals surface area (Å²) in [6, 6.07) is 10.3. The topological polar surface area (TPSA) is 30.2 Å². The molecule has 88 valence electrons. The molecule has 3 aromatic rings. The standard InChI is InChI=1S/C15H13N3/c1-12-3-5-13(6-4-12)7-8-14-11-18-10-2-9-16-15(18)17-14/h2-11H,1H3/b8-7+. The second-order valence-electron chi connectivity index (χ2n) is 4.24. The van der Waals surface area contributed by atoms with Crippen LogP contribution < -0.4 is 0 Å². The lowest BCUT2D eigenvalue weighted by Gasteiger charge is -1.93. The fraction of sp³-hybridized carbons (Fsp3) is 0.0667. The summed E-state index contributed by atoms with van der Waals surface area (Å²) in [6.45, 7) is 2.08. The van der Waals surface area contributed by atoms with Crippen molar-refractivity contribution in [2.24, 2.45) is 0 Å². The zero-order chi connectivity index (χ0) is 12.4. The van der Waals surface area contributed by atoms with E-state index in [2.05, 4.69) is 47.2 Å². The molecule has 0 aliphatic rings. The Bertz CT molecular complexity index is 660. The minimum Gasteiger partial charge on any atom is -0.291 e. The Morgan fingerprint density at radius 2 is 1.94 bits per heavy atom. The van der Waals surface area contributed by atoms with E-state index in [0.29, 0.717) is 0 Å². The van der Waals surface area contributed by atoms with Gasteiger partial charge in [0.15, 0.2) is 0 Å². The van der Waals surface area contributed by atoms with Gasteiger partial charge in [-0.2, -0.15) is 0 Å². The van der Waals surface area contributed by atoms with Gasteiger partial charge in [0.2, 0.25) is 5.78 Å². The number of imidazole rings is 1. The molecule has 2 aromatic heterocycles. The van der Waals surface area contributed by atoms with Crippen LogP contribution in [0.15, 0.2) is 48.9 Å². The van der Waals surface area contributed by atoms with Crippen LogP contribution in [0.2, 0.25) is 0 Å². The van der Waals surface area contributed by atoms with Crippen molar-refractivity contribution < 1.29 is 0 Å². The highest BCUT2D eigenvalue weighted by molar-refractivity contribution is 5.68. The van der Waals surface area contributed by atoms with E-state index >= 15 is 0 Å². The first-order valence-corrected chi connectivity index (χ1v) is 5.86. The third-order valence-corrected chi connectivity index (χ3v) is 2.78.